The van der Waals surface area contributed by atoms with Crippen molar-refractivity contribution >= 4 is 55.0 Å². The first-order chi connectivity index (χ1) is 31.1. The van der Waals surface area contributed by atoms with Gasteiger partial charge in [0.25, 0.3) is 10.1 Å². The molecule has 0 bridgehead atoms. The summed E-state index contributed by atoms with van der Waals surface area (Å²) >= 11 is 0. The molecule has 0 saturated carbocycles. The average molecular weight is 949 g/mol. The van der Waals surface area contributed by atoms with Gasteiger partial charge in [-0.05, 0) is 94.4 Å². The molecule has 5 rings (SSSR count). The normalized spacial score (nSPS) is 20.2. The molecule has 360 valence electrons. The van der Waals surface area contributed by atoms with E-state index in [2.05, 4.69) is 66.0 Å². The van der Waals surface area contributed by atoms with Gasteiger partial charge >= 0.3 is 5.97 Å². The molecule has 1 aliphatic carbocycles. The van der Waals surface area contributed by atoms with E-state index < -0.39 is 48.5 Å². The van der Waals surface area contributed by atoms with Gasteiger partial charge in [0.15, 0.2) is 5.71 Å². The number of nitrogens with one attached hydrogen (secondary N) is 2. The number of hydrogen-bond acceptors (Lipinski definition) is 9. The number of carbonyl (C=O) groups excluding carboxylic acids is 3. The topological polar surface area (TPSA) is 182 Å². The van der Waals surface area contributed by atoms with Gasteiger partial charge in [-0.15, -0.1) is 0 Å². The number of rotatable bonds is 21. The molecule has 14 nitrogen and oxygen atoms in total. The Kier molecular flexibility index (Phi) is 16.9. The second-order valence-corrected chi connectivity index (χ2v) is 22.0. The minimum atomic E-state index is -4.39. The number of nitrogens with zero attached hydrogens (tertiary/aromatic N) is 3. The molecule has 2 heterocycles. The zero-order chi connectivity index (χ0) is 48.7. The van der Waals surface area contributed by atoms with E-state index in [4.69, 9.17) is 4.74 Å². The SMILES string of the molecule is CCCC[N+]1=C(/C=C/C2=CC(=C/C=C3/N(CCC)c4ccc(S(=O)(=O)N(C)CCCC(=O)OCC)cc4C3(C)C)/CC(C(=O)NCC)(C(=O)NCCS(=O)(=O)O)C2)C(C)(C)c2ccccc21. The van der Waals surface area contributed by atoms with Gasteiger partial charge in [-0.2, -0.15) is 13.0 Å². The number of para-hydroxylation sites is 1. The molecule has 0 saturated heterocycles. The third kappa shape index (κ3) is 11.3. The van der Waals surface area contributed by atoms with Gasteiger partial charge in [0.1, 0.15) is 12.0 Å². The van der Waals surface area contributed by atoms with Crippen LogP contribution in [0.2, 0.25) is 0 Å². The molecule has 0 spiro atoms. The molecule has 3 N–H and O–H groups in total. The molecule has 2 aromatic carbocycles. The van der Waals surface area contributed by atoms with Crippen LogP contribution in [0.5, 0.6) is 0 Å². The maximum Gasteiger partial charge on any atom is 0.305 e. The minimum absolute atomic E-state index is 0.000159. The Morgan fingerprint density at radius 1 is 0.879 bits per heavy atom. The molecule has 0 radical (unpaired) electrons. The Morgan fingerprint density at radius 2 is 1.59 bits per heavy atom. The minimum Gasteiger partial charge on any atom is -0.466 e. The van der Waals surface area contributed by atoms with Crippen LogP contribution < -0.4 is 15.5 Å². The summed E-state index contributed by atoms with van der Waals surface area (Å²) in [4.78, 5) is 42.9. The molecule has 0 aromatic heterocycles. The molecule has 66 heavy (non-hydrogen) atoms. The first-order valence-electron chi connectivity index (χ1n) is 23.2. The van der Waals surface area contributed by atoms with Crippen molar-refractivity contribution in [3.05, 3.63) is 101 Å². The van der Waals surface area contributed by atoms with E-state index >= 15 is 0 Å². The Hall–Kier alpha value is -4.90. The molecule has 1 unspecified atom stereocenters. The van der Waals surface area contributed by atoms with Crippen LogP contribution in [-0.4, -0.2) is 106 Å². The summed E-state index contributed by atoms with van der Waals surface area (Å²) in [6.07, 6.45) is 13.2. The highest BCUT2D eigenvalue weighted by atomic mass is 32.2. The highest BCUT2D eigenvalue weighted by Gasteiger charge is 2.49. The molecular weight excluding hydrogens is 879 g/mol. The fourth-order valence-corrected chi connectivity index (χ4v) is 11.0. The Morgan fingerprint density at radius 3 is 2.26 bits per heavy atom. The van der Waals surface area contributed by atoms with E-state index in [1.54, 1.807) is 26.0 Å². The molecule has 1 atom stereocenters. The molecule has 16 heteroatoms. The van der Waals surface area contributed by atoms with Gasteiger partial charge in [0.05, 0.1) is 22.7 Å². The molecule has 2 amide bonds. The monoisotopic (exact) mass is 948 g/mol. The Bertz CT molecular complexity index is 2560. The number of ether oxygens (including phenoxy) is 1. The summed E-state index contributed by atoms with van der Waals surface area (Å²) in [5.41, 5.74) is 4.75. The van der Waals surface area contributed by atoms with Crippen LogP contribution in [0, 0.1) is 5.41 Å². The lowest BCUT2D eigenvalue weighted by Crippen LogP contribution is -2.53. The molecular formula is C50H70N5O9S2+. The highest BCUT2D eigenvalue weighted by molar-refractivity contribution is 7.89. The largest absolute Gasteiger partial charge is 0.466 e. The number of fused-ring (bicyclic) bond motifs is 2. The number of amides is 2. The van der Waals surface area contributed by atoms with Gasteiger partial charge in [0.2, 0.25) is 27.5 Å². The summed E-state index contributed by atoms with van der Waals surface area (Å²) in [6.45, 7) is 17.9. The van der Waals surface area contributed by atoms with Crippen molar-refractivity contribution in [3.63, 3.8) is 0 Å². The quantitative estimate of drug-likeness (QED) is 0.0499. The predicted octanol–water partition coefficient (Wildman–Crippen LogP) is 7.25. The molecule has 3 aliphatic rings. The fraction of sp³-hybridized carbons (Fsp3) is 0.520. The summed E-state index contributed by atoms with van der Waals surface area (Å²) in [7, 11) is -6.79. The number of anilines is 1. The standard InChI is InChI=1S/C50H69N5O9S2/c1-10-14-30-55-41-19-16-15-18-39(41)48(5,6)43(55)25-21-36-32-37(35-50(34-36,46(57)51-12-3)47(58)52-27-31-65(59,60)61)22-26-44-49(7,8)40-33-38(23-24-42(40)54(44)28-11-2)66(62,63)53(9)29-17-20-45(56)64-13-4/h15-16,18-19,21-26,32-33H,10-14,17,20,27-31,34-35H2,1-9H3,(H2-,51,52,57,58,59,60,61)/p+1. The highest BCUT2D eigenvalue weighted by Crippen LogP contribution is 2.49. The van der Waals surface area contributed by atoms with Crippen LogP contribution in [0.15, 0.2) is 94.6 Å². The molecule has 0 fully saturated rings. The summed E-state index contributed by atoms with van der Waals surface area (Å²) < 4.78 is 69.2. The van der Waals surface area contributed by atoms with Crippen molar-refractivity contribution in [2.45, 2.75) is 116 Å². The number of unbranched alkanes of at least 4 members (excludes halogenated alkanes) is 1. The van der Waals surface area contributed by atoms with Crippen LogP contribution in [0.3, 0.4) is 0 Å². The van der Waals surface area contributed by atoms with E-state index in [1.807, 2.05) is 56.4 Å². The van der Waals surface area contributed by atoms with E-state index in [9.17, 15) is 35.8 Å². The maximum atomic E-state index is 14.4. The lowest BCUT2D eigenvalue weighted by molar-refractivity contribution is -0.438. The molecule has 2 aromatic rings. The predicted molar refractivity (Wildman–Crippen MR) is 260 cm³/mol. The van der Waals surface area contributed by atoms with Crippen molar-refractivity contribution in [1.29, 1.82) is 0 Å². The number of esters is 1. The van der Waals surface area contributed by atoms with Crippen LogP contribution in [-0.2, 0) is 50.1 Å². The van der Waals surface area contributed by atoms with Gasteiger partial charge in [-0.1, -0.05) is 70.5 Å². The number of hydrogen-bond donors (Lipinski definition) is 3. The maximum absolute atomic E-state index is 14.4. The first kappa shape index (κ1) is 52.1. The number of carbonyl (C=O) groups is 3. The van der Waals surface area contributed by atoms with Crippen LogP contribution >= 0.6 is 0 Å². The van der Waals surface area contributed by atoms with Crippen LogP contribution in [0.25, 0.3) is 0 Å². The van der Waals surface area contributed by atoms with E-state index in [-0.39, 0.29) is 61.8 Å². The van der Waals surface area contributed by atoms with Gasteiger partial charge in [-0.3, -0.25) is 18.9 Å². The smallest absolute Gasteiger partial charge is 0.305 e. The van der Waals surface area contributed by atoms with Crippen LogP contribution in [0.4, 0.5) is 11.4 Å². The number of sulfonamides is 1. The second kappa shape index (κ2) is 21.4. The number of benzene rings is 2. The summed E-state index contributed by atoms with van der Waals surface area (Å²) in [5, 5.41) is 5.52. The zero-order valence-corrected chi connectivity index (χ0v) is 41.8. The van der Waals surface area contributed by atoms with Crippen LogP contribution in [0.1, 0.15) is 111 Å². The fourth-order valence-electron chi connectivity index (χ4n) is 9.36. The van der Waals surface area contributed by atoms with Gasteiger partial charge < -0.3 is 20.3 Å². The summed E-state index contributed by atoms with van der Waals surface area (Å²) in [6, 6.07) is 13.6. The lowest BCUT2D eigenvalue weighted by Gasteiger charge is -2.35. The first-order valence-corrected chi connectivity index (χ1v) is 26.2. The van der Waals surface area contributed by atoms with Crippen molar-refractivity contribution in [3.8, 4) is 0 Å². The Labute approximate surface area is 392 Å². The molecule has 2 aliphatic heterocycles. The second-order valence-electron chi connectivity index (χ2n) is 18.4. The number of allylic oxidation sites excluding steroid dienone is 8. The lowest BCUT2D eigenvalue weighted by atomic mass is 9.70. The Balaban J connectivity index is 1.61. The third-order valence-electron chi connectivity index (χ3n) is 12.9. The van der Waals surface area contributed by atoms with Gasteiger partial charge in [0, 0.05) is 80.6 Å². The zero-order valence-electron chi connectivity index (χ0n) is 40.2. The van der Waals surface area contributed by atoms with Crippen molar-refractivity contribution in [2.75, 3.05) is 57.0 Å². The van der Waals surface area contributed by atoms with Crippen molar-refractivity contribution in [1.82, 2.24) is 14.9 Å². The van der Waals surface area contributed by atoms with Crippen molar-refractivity contribution < 1.29 is 45.1 Å². The van der Waals surface area contributed by atoms with Gasteiger partial charge in [-0.25, -0.2) is 12.7 Å². The third-order valence-corrected chi connectivity index (χ3v) is 15.4. The van der Waals surface area contributed by atoms with E-state index in [0.29, 0.717) is 18.5 Å². The van der Waals surface area contributed by atoms with E-state index in [1.165, 1.54) is 16.9 Å². The van der Waals surface area contributed by atoms with Crippen molar-refractivity contribution in [2.24, 2.45) is 5.41 Å². The van der Waals surface area contributed by atoms with E-state index in [0.717, 1.165) is 59.7 Å². The average Bonchev–Trinajstić information content (AvgIpc) is 3.60. The summed E-state index contributed by atoms with van der Waals surface area (Å²) in [5.74, 6) is -2.23.